The normalized spacial score (nSPS) is 22.1. The fourth-order valence-corrected chi connectivity index (χ4v) is 2.97. The summed E-state index contributed by atoms with van der Waals surface area (Å²) in [4.78, 5) is 17.1. The maximum atomic E-state index is 13.6. The highest BCUT2D eigenvalue weighted by molar-refractivity contribution is 6.30. The molecule has 1 aliphatic rings. The summed E-state index contributed by atoms with van der Waals surface area (Å²) in [6.07, 6.45) is 2.08. The van der Waals surface area contributed by atoms with Crippen LogP contribution in [0.2, 0.25) is 5.02 Å². The number of aromatic nitrogens is 3. The molecule has 1 aromatic carbocycles. The summed E-state index contributed by atoms with van der Waals surface area (Å²) in [5.74, 6) is -0.510. The third-order valence-electron chi connectivity index (χ3n) is 3.76. The van der Waals surface area contributed by atoms with Gasteiger partial charge in [0.15, 0.2) is 0 Å². The summed E-state index contributed by atoms with van der Waals surface area (Å²) in [7, 11) is 0. The highest BCUT2D eigenvalue weighted by Crippen LogP contribution is 2.26. The molecule has 22 heavy (non-hydrogen) atoms. The van der Waals surface area contributed by atoms with Crippen molar-refractivity contribution in [2.24, 2.45) is 5.73 Å². The smallest absolute Gasteiger partial charge is 0.234 e. The Morgan fingerprint density at radius 1 is 1.50 bits per heavy atom. The Morgan fingerprint density at radius 3 is 3.00 bits per heavy atom. The Kier molecular flexibility index (Phi) is 4.08. The number of carbonyl (C=O) groups excluding carboxylic acids is 1. The van der Waals surface area contributed by atoms with Crippen LogP contribution in [0.25, 0.3) is 5.69 Å². The zero-order chi connectivity index (χ0) is 15.7. The van der Waals surface area contributed by atoms with Crippen molar-refractivity contribution in [3.8, 4) is 5.69 Å². The van der Waals surface area contributed by atoms with E-state index in [1.165, 1.54) is 6.33 Å². The average Bonchev–Trinajstić information content (AvgIpc) is 3.09. The number of benzene rings is 1. The van der Waals surface area contributed by atoms with Crippen LogP contribution in [0.15, 0.2) is 30.9 Å². The molecular formula is C14H15ClFN5O. The minimum Gasteiger partial charge on any atom is -0.368 e. The van der Waals surface area contributed by atoms with Crippen molar-refractivity contribution in [3.63, 3.8) is 0 Å². The molecule has 0 aliphatic carbocycles. The van der Waals surface area contributed by atoms with Gasteiger partial charge >= 0.3 is 0 Å². The van der Waals surface area contributed by atoms with E-state index in [2.05, 4.69) is 10.1 Å². The SMILES string of the molecule is NC(=O)[C@@H]1C[C@H](F)CN1Cc1cc(Cl)ccc1-n1cncn1. The van der Waals surface area contributed by atoms with Gasteiger partial charge in [0.2, 0.25) is 5.91 Å². The first-order valence-electron chi connectivity index (χ1n) is 6.85. The molecule has 8 heteroatoms. The number of nitrogens with zero attached hydrogens (tertiary/aromatic N) is 4. The van der Waals surface area contributed by atoms with E-state index in [1.807, 2.05) is 6.07 Å². The Labute approximate surface area is 131 Å². The Hall–Kier alpha value is -1.99. The van der Waals surface area contributed by atoms with Gasteiger partial charge in [0.25, 0.3) is 0 Å². The third-order valence-corrected chi connectivity index (χ3v) is 4.00. The van der Waals surface area contributed by atoms with Crippen LogP contribution in [0.5, 0.6) is 0 Å². The first kappa shape index (κ1) is 14.9. The van der Waals surface area contributed by atoms with Gasteiger partial charge in [-0.05, 0) is 23.8 Å². The lowest BCUT2D eigenvalue weighted by atomic mass is 10.1. The number of hydrogen-bond acceptors (Lipinski definition) is 4. The van der Waals surface area contributed by atoms with Crippen LogP contribution in [-0.4, -0.2) is 44.3 Å². The topological polar surface area (TPSA) is 77.0 Å². The second kappa shape index (κ2) is 6.02. The van der Waals surface area contributed by atoms with Gasteiger partial charge in [-0.1, -0.05) is 11.6 Å². The molecule has 2 heterocycles. The molecular weight excluding hydrogens is 309 g/mol. The van der Waals surface area contributed by atoms with Crippen molar-refractivity contribution in [1.82, 2.24) is 19.7 Å². The molecule has 2 N–H and O–H groups in total. The van der Waals surface area contributed by atoms with Gasteiger partial charge in [-0.2, -0.15) is 5.10 Å². The van der Waals surface area contributed by atoms with Gasteiger partial charge in [0.1, 0.15) is 18.8 Å². The number of likely N-dealkylation sites (tertiary alicyclic amines) is 1. The highest BCUT2D eigenvalue weighted by Gasteiger charge is 2.36. The largest absolute Gasteiger partial charge is 0.368 e. The highest BCUT2D eigenvalue weighted by atomic mass is 35.5. The molecule has 1 aromatic heterocycles. The van der Waals surface area contributed by atoms with Crippen molar-refractivity contribution in [2.45, 2.75) is 25.2 Å². The standard InChI is InChI=1S/C14H15ClFN5O/c15-10-1-2-12(21-8-18-7-19-21)9(3-10)5-20-6-11(16)4-13(20)14(17)22/h1-3,7-8,11,13H,4-6H2,(H2,17,22)/t11-,13-/m0/s1. The first-order valence-corrected chi connectivity index (χ1v) is 7.23. The third kappa shape index (κ3) is 2.95. The summed E-state index contributed by atoms with van der Waals surface area (Å²) in [5, 5.41) is 4.66. The minimum absolute atomic E-state index is 0.133. The average molecular weight is 324 g/mol. The van der Waals surface area contributed by atoms with Gasteiger partial charge in [0, 0.05) is 24.5 Å². The van der Waals surface area contributed by atoms with Crippen LogP contribution in [-0.2, 0) is 11.3 Å². The number of alkyl halides is 1. The van der Waals surface area contributed by atoms with E-state index in [4.69, 9.17) is 17.3 Å². The summed E-state index contributed by atoms with van der Waals surface area (Å²) in [6, 6.07) is 4.74. The quantitative estimate of drug-likeness (QED) is 0.920. The molecule has 116 valence electrons. The summed E-state index contributed by atoms with van der Waals surface area (Å²) in [5.41, 5.74) is 6.98. The second-order valence-corrected chi connectivity index (χ2v) is 5.73. The number of rotatable bonds is 4. The molecule has 1 aliphatic heterocycles. The molecule has 0 bridgehead atoms. The zero-order valence-electron chi connectivity index (χ0n) is 11.7. The summed E-state index contributed by atoms with van der Waals surface area (Å²) >= 11 is 6.06. The Balaban J connectivity index is 1.91. The molecule has 0 spiro atoms. The molecule has 1 saturated heterocycles. The molecule has 3 rings (SSSR count). The van der Waals surface area contributed by atoms with Crippen molar-refractivity contribution in [1.29, 1.82) is 0 Å². The van der Waals surface area contributed by atoms with Crippen LogP contribution in [0.4, 0.5) is 4.39 Å². The van der Waals surface area contributed by atoms with Gasteiger partial charge in [0.05, 0.1) is 11.7 Å². The van der Waals surface area contributed by atoms with E-state index in [9.17, 15) is 9.18 Å². The van der Waals surface area contributed by atoms with E-state index in [-0.39, 0.29) is 13.0 Å². The monoisotopic (exact) mass is 323 g/mol. The number of halogens is 2. The molecule has 1 amide bonds. The van der Waals surface area contributed by atoms with Gasteiger partial charge in [-0.15, -0.1) is 0 Å². The van der Waals surface area contributed by atoms with E-state index in [0.29, 0.717) is 11.6 Å². The molecule has 1 fully saturated rings. The molecule has 0 saturated carbocycles. The summed E-state index contributed by atoms with van der Waals surface area (Å²) < 4.78 is 15.2. The molecule has 0 radical (unpaired) electrons. The molecule has 0 unspecified atom stereocenters. The molecule has 6 nitrogen and oxygen atoms in total. The lowest BCUT2D eigenvalue weighted by Gasteiger charge is -2.22. The second-order valence-electron chi connectivity index (χ2n) is 5.29. The van der Waals surface area contributed by atoms with E-state index < -0.39 is 18.1 Å². The maximum Gasteiger partial charge on any atom is 0.234 e. The van der Waals surface area contributed by atoms with Crippen LogP contribution in [0.3, 0.4) is 0 Å². The van der Waals surface area contributed by atoms with Gasteiger partial charge in [-0.3, -0.25) is 9.69 Å². The number of amides is 1. The van der Waals surface area contributed by atoms with Crippen molar-refractivity contribution in [3.05, 3.63) is 41.4 Å². The van der Waals surface area contributed by atoms with Crippen molar-refractivity contribution < 1.29 is 9.18 Å². The summed E-state index contributed by atoms with van der Waals surface area (Å²) in [6.45, 7) is 0.542. The number of primary amides is 1. The predicted molar refractivity (Wildman–Crippen MR) is 79.3 cm³/mol. The lowest BCUT2D eigenvalue weighted by Crippen LogP contribution is -2.39. The number of carbonyl (C=O) groups is 1. The van der Waals surface area contributed by atoms with Gasteiger partial charge in [-0.25, -0.2) is 14.1 Å². The van der Waals surface area contributed by atoms with Crippen LogP contribution in [0, 0.1) is 0 Å². The maximum absolute atomic E-state index is 13.6. The fourth-order valence-electron chi connectivity index (χ4n) is 2.77. The number of hydrogen-bond donors (Lipinski definition) is 1. The molecule has 2 aromatic rings. The lowest BCUT2D eigenvalue weighted by molar-refractivity contribution is -0.122. The Bertz CT molecular complexity index is 678. The van der Waals surface area contributed by atoms with Crippen LogP contribution in [0.1, 0.15) is 12.0 Å². The first-order chi connectivity index (χ1) is 10.5. The van der Waals surface area contributed by atoms with E-state index >= 15 is 0 Å². The Morgan fingerprint density at radius 2 is 2.32 bits per heavy atom. The minimum atomic E-state index is -1.05. The van der Waals surface area contributed by atoms with Gasteiger partial charge < -0.3 is 5.73 Å². The van der Waals surface area contributed by atoms with E-state index in [0.717, 1.165) is 11.3 Å². The zero-order valence-corrected chi connectivity index (χ0v) is 12.4. The van der Waals surface area contributed by atoms with Crippen LogP contribution < -0.4 is 5.73 Å². The van der Waals surface area contributed by atoms with Crippen molar-refractivity contribution in [2.75, 3.05) is 6.54 Å². The molecule has 2 atom stereocenters. The predicted octanol–water partition coefficient (Wildman–Crippen LogP) is 1.32. The fraction of sp³-hybridized carbons (Fsp3) is 0.357. The number of nitrogens with two attached hydrogens (primary N) is 1. The van der Waals surface area contributed by atoms with E-state index in [1.54, 1.807) is 28.0 Å². The van der Waals surface area contributed by atoms with Crippen LogP contribution >= 0.6 is 11.6 Å². The van der Waals surface area contributed by atoms with Crippen molar-refractivity contribution >= 4 is 17.5 Å².